The Bertz CT molecular complexity index is 851. The zero-order valence-corrected chi connectivity index (χ0v) is 21.6. The highest BCUT2D eigenvalue weighted by Gasteiger charge is 2.53. The summed E-state index contributed by atoms with van der Waals surface area (Å²) in [5, 5.41) is 0. The van der Waals surface area contributed by atoms with Gasteiger partial charge in [-0.15, -0.1) is 0 Å². The molecule has 0 bridgehead atoms. The van der Waals surface area contributed by atoms with E-state index in [-0.39, 0.29) is 29.3 Å². The van der Waals surface area contributed by atoms with Crippen molar-refractivity contribution in [3.8, 4) is 0 Å². The molecular weight excluding hydrogens is 435 g/mol. The van der Waals surface area contributed by atoms with Gasteiger partial charge < -0.3 is 18.5 Å². The summed E-state index contributed by atoms with van der Waals surface area (Å²) in [6.07, 6.45) is -1.00. The molecule has 0 radical (unpaired) electrons. The summed E-state index contributed by atoms with van der Waals surface area (Å²) >= 11 is 0. The predicted octanol–water partition coefficient (Wildman–Crippen LogP) is 4.00. The van der Waals surface area contributed by atoms with Crippen molar-refractivity contribution < 1.29 is 32.0 Å². The molecule has 1 aromatic rings. The molecule has 32 heavy (non-hydrogen) atoms. The van der Waals surface area contributed by atoms with Crippen molar-refractivity contribution in [1.29, 1.82) is 0 Å². The minimum Gasteiger partial charge on any atom is -0.447 e. The molecule has 2 aliphatic heterocycles. The number of carbonyl (C=O) groups excluding carboxylic acids is 1. The van der Waals surface area contributed by atoms with Gasteiger partial charge in [-0.05, 0) is 58.3 Å². The molecule has 0 saturated carbocycles. The van der Waals surface area contributed by atoms with E-state index in [4.69, 9.17) is 18.5 Å². The Balaban J connectivity index is 1.98. The van der Waals surface area contributed by atoms with E-state index in [2.05, 4.69) is 0 Å². The zero-order chi connectivity index (χ0) is 24.2. The third-order valence-electron chi connectivity index (χ3n) is 6.36. The van der Waals surface area contributed by atoms with Crippen LogP contribution in [-0.4, -0.2) is 52.2 Å². The fourth-order valence-electron chi connectivity index (χ4n) is 4.02. The Kier molecular flexibility index (Phi) is 6.58. The number of amides is 1. The molecule has 10 heteroatoms. The summed E-state index contributed by atoms with van der Waals surface area (Å²) < 4.78 is 53.6. The summed E-state index contributed by atoms with van der Waals surface area (Å²) in [4.78, 5) is 13.9. The summed E-state index contributed by atoms with van der Waals surface area (Å²) in [5.74, 6) is -1.69. The quantitative estimate of drug-likeness (QED) is 0.611. The Hall–Kier alpha value is -1.49. The minimum atomic E-state index is -1.47. The van der Waals surface area contributed by atoms with Gasteiger partial charge in [0.15, 0.2) is 9.04 Å². The lowest BCUT2D eigenvalue weighted by Gasteiger charge is -2.39. The van der Waals surface area contributed by atoms with Crippen molar-refractivity contribution in [3.63, 3.8) is 0 Å². The van der Waals surface area contributed by atoms with Crippen molar-refractivity contribution in [2.24, 2.45) is 5.41 Å². The molecule has 0 spiro atoms. The molecule has 2 atom stereocenters. The summed E-state index contributed by atoms with van der Waals surface area (Å²) in [6.45, 7) is 17.5. The second-order valence-electron chi connectivity index (χ2n) is 10.9. The lowest BCUT2D eigenvalue weighted by atomic mass is 9.78. The van der Waals surface area contributed by atoms with Gasteiger partial charge in [0.05, 0.1) is 34.5 Å². The number of halogens is 2. The van der Waals surface area contributed by atoms with Crippen LogP contribution in [0.3, 0.4) is 0 Å². The topological polar surface area (TPSA) is 57.2 Å². The van der Waals surface area contributed by atoms with Crippen LogP contribution in [0.5, 0.6) is 0 Å². The zero-order valence-electron chi connectivity index (χ0n) is 20.4. The Morgan fingerprint density at radius 1 is 1.12 bits per heavy atom. The highest BCUT2D eigenvalue weighted by molar-refractivity contribution is 6.62. The molecule has 1 amide bonds. The molecule has 0 N–H and O–H groups in total. The summed E-state index contributed by atoms with van der Waals surface area (Å²) in [6, 6.07) is 1.77. The number of ether oxygens (including phenoxy) is 1. The van der Waals surface area contributed by atoms with Gasteiger partial charge in [0, 0.05) is 0 Å². The standard InChI is InChI=1S/C22H34BF2NO5Si/c1-20(2,3)18(29-32(8)9)16-12-28-19(27)26(16)13-10-14(24)17(15(25)11-13)23-30-21(4,5)22(6,7)31-23/h10-11,16,18,32H,12H2,1-9H3. The smallest absolute Gasteiger partial charge is 0.447 e. The first kappa shape index (κ1) is 25.1. The molecule has 0 aromatic heterocycles. The summed E-state index contributed by atoms with van der Waals surface area (Å²) in [7, 11) is -2.66. The van der Waals surface area contributed by atoms with Crippen molar-refractivity contribution in [2.45, 2.75) is 84.9 Å². The third kappa shape index (κ3) is 4.60. The van der Waals surface area contributed by atoms with E-state index >= 15 is 8.78 Å². The van der Waals surface area contributed by atoms with Crippen molar-refractivity contribution in [3.05, 3.63) is 23.8 Å². The fraction of sp³-hybridized carbons (Fsp3) is 0.682. The highest BCUT2D eigenvalue weighted by Crippen LogP contribution is 2.38. The number of benzene rings is 1. The molecule has 2 heterocycles. The molecule has 178 valence electrons. The van der Waals surface area contributed by atoms with Crippen LogP contribution in [0.15, 0.2) is 12.1 Å². The van der Waals surface area contributed by atoms with E-state index in [0.29, 0.717) is 0 Å². The van der Waals surface area contributed by atoms with E-state index in [1.54, 1.807) is 0 Å². The highest BCUT2D eigenvalue weighted by atomic mass is 28.3. The molecule has 2 saturated heterocycles. The Labute approximate surface area is 191 Å². The van der Waals surface area contributed by atoms with Crippen LogP contribution in [0.4, 0.5) is 19.3 Å². The number of hydrogen-bond acceptors (Lipinski definition) is 5. The van der Waals surface area contributed by atoms with Gasteiger partial charge in [0.25, 0.3) is 0 Å². The van der Waals surface area contributed by atoms with Crippen LogP contribution in [0, 0.1) is 17.0 Å². The minimum absolute atomic E-state index is 0.0797. The van der Waals surface area contributed by atoms with Gasteiger partial charge in [-0.2, -0.15) is 0 Å². The Morgan fingerprint density at radius 2 is 1.62 bits per heavy atom. The van der Waals surface area contributed by atoms with Crippen molar-refractivity contribution >= 4 is 33.4 Å². The third-order valence-corrected chi connectivity index (χ3v) is 7.20. The molecule has 3 rings (SSSR count). The predicted molar refractivity (Wildman–Crippen MR) is 123 cm³/mol. The first-order valence-corrected chi connectivity index (χ1v) is 13.8. The first-order valence-electron chi connectivity index (χ1n) is 11.0. The van der Waals surface area contributed by atoms with Gasteiger partial charge >= 0.3 is 13.2 Å². The average molecular weight is 469 g/mol. The maximum Gasteiger partial charge on any atom is 0.500 e. The van der Waals surface area contributed by atoms with Gasteiger partial charge in [-0.1, -0.05) is 20.8 Å². The van der Waals surface area contributed by atoms with Crippen LogP contribution in [-0.2, 0) is 18.5 Å². The van der Waals surface area contributed by atoms with E-state index in [0.717, 1.165) is 12.1 Å². The number of hydrogen-bond donors (Lipinski definition) is 0. The normalized spacial score (nSPS) is 23.8. The van der Waals surface area contributed by atoms with Crippen molar-refractivity contribution in [2.75, 3.05) is 11.5 Å². The monoisotopic (exact) mass is 469 g/mol. The van der Waals surface area contributed by atoms with E-state index < -0.39 is 51.1 Å². The maximum atomic E-state index is 15.2. The van der Waals surface area contributed by atoms with Crippen molar-refractivity contribution in [1.82, 2.24) is 0 Å². The molecule has 2 unspecified atom stereocenters. The van der Waals surface area contributed by atoms with Crippen LogP contribution in [0.25, 0.3) is 0 Å². The molecule has 0 aliphatic carbocycles. The molecule has 6 nitrogen and oxygen atoms in total. The first-order chi connectivity index (χ1) is 14.5. The van der Waals surface area contributed by atoms with Gasteiger partial charge in [0.1, 0.15) is 18.2 Å². The molecule has 2 aliphatic rings. The second kappa shape index (κ2) is 8.38. The SMILES string of the molecule is C[SiH](C)OC(C1COC(=O)N1c1cc(F)c(B2OC(C)(C)C(C)(C)O2)c(F)c1)C(C)(C)C. The number of rotatable bonds is 5. The number of carbonyl (C=O) groups is 1. The van der Waals surface area contributed by atoms with Crippen LogP contribution >= 0.6 is 0 Å². The molecule has 1 aromatic carbocycles. The number of nitrogens with zero attached hydrogens (tertiary/aromatic N) is 1. The maximum absolute atomic E-state index is 15.2. The largest absolute Gasteiger partial charge is 0.500 e. The van der Waals surface area contributed by atoms with Gasteiger partial charge in [-0.25, -0.2) is 13.6 Å². The Morgan fingerprint density at radius 3 is 2.06 bits per heavy atom. The van der Waals surface area contributed by atoms with E-state index in [1.807, 2.05) is 61.6 Å². The van der Waals surface area contributed by atoms with Crippen LogP contribution in [0.2, 0.25) is 13.1 Å². The average Bonchev–Trinajstić information content (AvgIpc) is 3.07. The summed E-state index contributed by atoms with van der Waals surface area (Å²) in [5.41, 5.74) is -2.02. The fourth-order valence-corrected chi connectivity index (χ4v) is 5.19. The van der Waals surface area contributed by atoms with Gasteiger partial charge in [0.2, 0.25) is 0 Å². The van der Waals surface area contributed by atoms with Crippen LogP contribution < -0.4 is 10.4 Å². The molecule has 2 fully saturated rings. The lowest BCUT2D eigenvalue weighted by molar-refractivity contribution is 0.00578. The number of anilines is 1. The second-order valence-corrected chi connectivity index (χ2v) is 13.3. The lowest BCUT2D eigenvalue weighted by Crippen LogP contribution is -2.51. The van der Waals surface area contributed by atoms with E-state index in [9.17, 15) is 4.79 Å². The number of cyclic esters (lactones) is 1. The van der Waals surface area contributed by atoms with E-state index in [1.165, 1.54) is 4.90 Å². The van der Waals surface area contributed by atoms with Gasteiger partial charge in [-0.3, -0.25) is 4.90 Å². The van der Waals surface area contributed by atoms with Crippen LogP contribution in [0.1, 0.15) is 48.5 Å². The molecular formula is C22H34BF2NO5Si.